The monoisotopic (exact) mass is 272 g/mol. The molecule has 1 aromatic carbocycles. The van der Waals surface area contributed by atoms with Crippen molar-refractivity contribution in [2.45, 2.75) is 12.5 Å². The van der Waals surface area contributed by atoms with E-state index in [1.165, 1.54) is 23.9 Å². The third kappa shape index (κ3) is 4.19. The van der Waals surface area contributed by atoms with Crippen LogP contribution in [0.25, 0.3) is 0 Å². The minimum absolute atomic E-state index is 0.000861. The molecule has 1 atom stereocenters. The van der Waals surface area contributed by atoms with Gasteiger partial charge in [-0.3, -0.25) is 4.79 Å². The van der Waals surface area contributed by atoms with Crippen molar-refractivity contribution in [3.05, 3.63) is 29.6 Å². The Morgan fingerprint density at radius 1 is 1.61 bits per heavy atom. The first-order valence-corrected chi connectivity index (χ1v) is 6.79. The molecule has 6 heteroatoms. The van der Waals surface area contributed by atoms with Gasteiger partial charge in [-0.25, -0.2) is 4.39 Å². The molecule has 0 bridgehead atoms. The first-order valence-electron chi connectivity index (χ1n) is 5.40. The highest BCUT2D eigenvalue weighted by Gasteiger charge is 2.20. The van der Waals surface area contributed by atoms with Crippen LogP contribution in [0, 0.1) is 5.82 Å². The van der Waals surface area contributed by atoms with Gasteiger partial charge in [0.2, 0.25) is 0 Å². The summed E-state index contributed by atoms with van der Waals surface area (Å²) in [5.41, 5.74) is 4.52. The van der Waals surface area contributed by atoms with Gasteiger partial charge < -0.3 is 16.2 Å². The number of carbonyl (C=O) groups is 1. The number of nitrogens with two attached hydrogens (primary N) is 1. The molecule has 1 rings (SSSR count). The van der Waals surface area contributed by atoms with Crippen LogP contribution in [0.5, 0.6) is 0 Å². The highest BCUT2D eigenvalue weighted by atomic mass is 32.2. The normalized spacial score (nSPS) is 14.0. The van der Waals surface area contributed by atoms with Gasteiger partial charge in [0.25, 0.3) is 5.91 Å². The SMILES string of the molecule is CSCC(C)(O)CNC(=O)c1ccc(N)c(F)c1. The molecule has 18 heavy (non-hydrogen) atoms. The topological polar surface area (TPSA) is 75.3 Å². The predicted molar refractivity (Wildman–Crippen MR) is 72.2 cm³/mol. The van der Waals surface area contributed by atoms with Gasteiger partial charge in [-0.15, -0.1) is 0 Å². The summed E-state index contributed by atoms with van der Waals surface area (Å²) in [5, 5.41) is 12.4. The van der Waals surface area contributed by atoms with Gasteiger partial charge >= 0.3 is 0 Å². The third-order valence-corrected chi connectivity index (χ3v) is 3.26. The van der Waals surface area contributed by atoms with E-state index in [2.05, 4.69) is 5.32 Å². The van der Waals surface area contributed by atoms with Gasteiger partial charge in [-0.2, -0.15) is 11.8 Å². The maximum absolute atomic E-state index is 13.2. The Bertz CT molecular complexity index is 438. The summed E-state index contributed by atoms with van der Waals surface area (Å²) in [5.74, 6) is -0.558. The second-order valence-electron chi connectivity index (χ2n) is 4.35. The number of thioether (sulfide) groups is 1. The van der Waals surface area contributed by atoms with E-state index in [1.54, 1.807) is 6.92 Å². The lowest BCUT2D eigenvalue weighted by Crippen LogP contribution is -2.42. The van der Waals surface area contributed by atoms with E-state index in [0.29, 0.717) is 5.75 Å². The maximum atomic E-state index is 13.2. The Hall–Kier alpha value is -1.27. The molecule has 1 unspecified atom stereocenters. The zero-order valence-corrected chi connectivity index (χ0v) is 11.2. The fourth-order valence-corrected chi connectivity index (χ4v) is 2.13. The molecule has 4 N–H and O–H groups in total. The molecule has 0 fully saturated rings. The van der Waals surface area contributed by atoms with Crippen molar-refractivity contribution in [3.63, 3.8) is 0 Å². The quantitative estimate of drug-likeness (QED) is 0.705. The number of amides is 1. The van der Waals surface area contributed by atoms with Gasteiger partial charge in [-0.1, -0.05) is 0 Å². The van der Waals surface area contributed by atoms with Crippen molar-refractivity contribution in [3.8, 4) is 0 Å². The highest BCUT2D eigenvalue weighted by Crippen LogP contribution is 2.13. The molecule has 0 saturated carbocycles. The van der Waals surface area contributed by atoms with Crippen LogP contribution in [0.15, 0.2) is 18.2 Å². The molecule has 0 aliphatic carbocycles. The van der Waals surface area contributed by atoms with E-state index in [9.17, 15) is 14.3 Å². The standard InChI is InChI=1S/C12H17FN2O2S/c1-12(17,7-18-2)6-15-11(16)8-3-4-10(14)9(13)5-8/h3-5,17H,6-7,14H2,1-2H3,(H,15,16). The summed E-state index contributed by atoms with van der Waals surface area (Å²) in [6.45, 7) is 1.74. The van der Waals surface area contributed by atoms with Gasteiger partial charge in [0.1, 0.15) is 5.82 Å². The van der Waals surface area contributed by atoms with E-state index in [0.717, 1.165) is 6.07 Å². The van der Waals surface area contributed by atoms with Gasteiger partial charge in [0.05, 0.1) is 11.3 Å². The number of carbonyl (C=O) groups excluding carboxylic acids is 1. The number of hydrogen-bond acceptors (Lipinski definition) is 4. The summed E-state index contributed by atoms with van der Waals surface area (Å²) in [4.78, 5) is 11.7. The Morgan fingerprint density at radius 3 is 2.83 bits per heavy atom. The fraction of sp³-hybridized carbons (Fsp3) is 0.417. The van der Waals surface area contributed by atoms with Gasteiger partial charge in [0, 0.05) is 17.9 Å². The van der Waals surface area contributed by atoms with Crippen molar-refractivity contribution in [1.29, 1.82) is 0 Å². The summed E-state index contributed by atoms with van der Waals surface area (Å²) in [6.07, 6.45) is 1.87. The summed E-state index contributed by atoms with van der Waals surface area (Å²) in [7, 11) is 0. The van der Waals surface area contributed by atoms with E-state index in [-0.39, 0.29) is 17.8 Å². The van der Waals surface area contributed by atoms with Crippen LogP contribution in [0.4, 0.5) is 10.1 Å². The fourth-order valence-electron chi connectivity index (χ4n) is 1.40. The Labute approximate surface area is 110 Å². The zero-order valence-electron chi connectivity index (χ0n) is 10.4. The van der Waals surface area contributed by atoms with Crippen LogP contribution in [-0.4, -0.2) is 35.2 Å². The number of rotatable bonds is 5. The molecule has 1 aromatic rings. The Morgan fingerprint density at radius 2 is 2.28 bits per heavy atom. The maximum Gasteiger partial charge on any atom is 0.251 e. The average molecular weight is 272 g/mol. The molecule has 0 radical (unpaired) electrons. The number of hydrogen-bond donors (Lipinski definition) is 3. The number of halogens is 1. The minimum atomic E-state index is -0.985. The van der Waals surface area contributed by atoms with Crippen LogP contribution < -0.4 is 11.1 Å². The van der Waals surface area contributed by atoms with Crippen LogP contribution in [0.1, 0.15) is 17.3 Å². The molecule has 4 nitrogen and oxygen atoms in total. The predicted octanol–water partition coefficient (Wildman–Crippen LogP) is 1.25. The van der Waals surface area contributed by atoms with Crippen LogP contribution in [0.3, 0.4) is 0 Å². The molecule has 100 valence electrons. The number of nitrogen functional groups attached to an aromatic ring is 1. The molecular weight excluding hydrogens is 255 g/mol. The number of aliphatic hydroxyl groups is 1. The summed E-state index contributed by atoms with van der Waals surface area (Å²) in [6, 6.07) is 3.86. The largest absolute Gasteiger partial charge is 0.396 e. The lowest BCUT2D eigenvalue weighted by Gasteiger charge is -2.22. The molecule has 1 amide bonds. The smallest absolute Gasteiger partial charge is 0.251 e. The summed E-state index contributed by atoms with van der Waals surface area (Å²) < 4.78 is 13.2. The first kappa shape index (κ1) is 14.8. The van der Waals surface area contributed by atoms with Crippen molar-refractivity contribution >= 4 is 23.4 Å². The molecule has 0 aromatic heterocycles. The summed E-state index contributed by atoms with van der Waals surface area (Å²) >= 11 is 1.48. The molecule has 0 aliphatic heterocycles. The van der Waals surface area contributed by atoms with E-state index < -0.39 is 17.3 Å². The van der Waals surface area contributed by atoms with Crippen LogP contribution >= 0.6 is 11.8 Å². The van der Waals surface area contributed by atoms with E-state index >= 15 is 0 Å². The van der Waals surface area contributed by atoms with Crippen molar-refractivity contribution in [1.82, 2.24) is 5.32 Å². The zero-order chi connectivity index (χ0) is 13.8. The molecule has 0 spiro atoms. The average Bonchev–Trinajstić information content (AvgIpc) is 2.30. The van der Waals surface area contributed by atoms with Gasteiger partial charge in [0.15, 0.2) is 0 Å². The van der Waals surface area contributed by atoms with Crippen molar-refractivity contribution in [2.24, 2.45) is 0 Å². The Balaban J connectivity index is 2.63. The number of nitrogens with one attached hydrogen (secondary N) is 1. The Kier molecular flexibility index (Phi) is 4.98. The molecule has 0 saturated heterocycles. The second-order valence-corrected chi connectivity index (χ2v) is 5.21. The van der Waals surface area contributed by atoms with Crippen LogP contribution in [0.2, 0.25) is 0 Å². The minimum Gasteiger partial charge on any atom is -0.396 e. The highest BCUT2D eigenvalue weighted by molar-refractivity contribution is 7.98. The van der Waals surface area contributed by atoms with Gasteiger partial charge in [-0.05, 0) is 31.4 Å². The molecule has 0 aliphatic rings. The second kappa shape index (κ2) is 6.06. The van der Waals surface area contributed by atoms with E-state index in [1.807, 2.05) is 6.26 Å². The number of benzene rings is 1. The van der Waals surface area contributed by atoms with Crippen molar-refractivity contribution < 1.29 is 14.3 Å². The van der Waals surface area contributed by atoms with Crippen molar-refractivity contribution in [2.75, 3.05) is 24.3 Å². The van der Waals surface area contributed by atoms with E-state index in [4.69, 9.17) is 5.73 Å². The third-order valence-electron chi connectivity index (χ3n) is 2.35. The lowest BCUT2D eigenvalue weighted by molar-refractivity contribution is 0.0725. The lowest BCUT2D eigenvalue weighted by atomic mass is 10.1. The van der Waals surface area contributed by atoms with Crippen LogP contribution in [-0.2, 0) is 0 Å². The molecule has 0 heterocycles. The molecular formula is C12H17FN2O2S. The first-order chi connectivity index (χ1) is 8.35. The number of anilines is 1.